The molecule has 26 heavy (non-hydrogen) atoms. The molecule has 0 atom stereocenters. The Morgan fingerprint density at radius 1 is 0.846 bits per heavy atom. The van der Waals surface area contributed by atoms with Crippen molar-refractivity contribution in [1.29, 1.82) is 0 Å². The topological polar surface area (TPSA) is 60.9 Å². The van der Waals surface area contributed by atoms with Crippen LogP contribution in [0.15, 0.2) is 60.7 Å². The fraction of sp³-hybridized carbons (Fsp3) is 0.333. The highest BCUT2D eigenvalue weighted by molar-refractivity contribution is 6.34. The lowest BCUT2D eigenvalue weighted by molar-refractivity contribution is -0.154. The fourth-order valence-electron chi connectivity index (χ4n) is 2.70. The van der Waals surface area contributed by atoms with Gasteiger partial charge in [-0.2, -0.15) is 0 Å². The summed E-state index contributed by atoms with van der Waals surface area (Å²) in [6, 6.07) is 18.9. The Morgan fingerprint density at radius 3 is 1.81 bits per heavy atom. The molecule has 2 aromatic carbocycles. The maximum atomic E-state index is 12.8. The zero-order valence-electron chi connectivity index (χ0n) is 15.3. The van der Waals surface area contributed by atoms with Gasteiger partial charge in [-0.05, 0) is 25.0 Å². The van der Waals surface area contributed by atoms with E-state index in [2.05, 4.69) is 0 Å². The summed E-state index contributed by atoms with van der Waals surface area (Å²) in [5.74, 6) is -1.14. The number of nitrogens with zero attached hydrogens (tertiary/aromatic N) is 2. The molecule has 0 spiro atoms. The minimum Gasteiger partial charge on any atom is -0.395 e. The Bertz CT molecular complexity index is 702. The largest absolute Gasteiger partial charge is 0.395 e. The van der Waals surface area contributed by atoms with Crippen molar-refractivity contribution in [2.75, 3.05) is 13.2 Å². The Balaban J connectivity index is 2.14. The van der Waals surface area contributed by atoms with Crippen molar-refractivity contribution in [3.63, 3.8) is 0 Å². The van der Waals surface area contributed by atoms with Gasteiger partial charge in [0.05, 0.1) is 6.61 Å². The molecule has 5 nitrogen and oxygen atoms in total. The summed E-state index contributed by atoms with van der Waals surface area (Å²) in [6.07, 6.45) is 0. The molecule has 0 saturated heterocycles. The van der Waals surface area contributed by atoms with Gasteiger partial charge in [-0.25, -0.2) is 0 Å². The molecule has 1 N–H and O–H groups in total. The summed E-state index contributed by atoms with van der Waals surface area (Å²) >= 11 is 0. The first-order chi connectivity index (χ1) is 12.5. The molecule has 2 rings (SSSR count). The molecule has 0 saturated carbocycles. The summed E-state index contributed by atoms with van der Waals surface area (Å²) in [5, 5.41) is 9.31. The van der Waals surface area contributed by atoms with Crippen molar-refractivity contribution < 1.29 is 14.7 Å². The molecule has 0 aliphatic carbocycles. The molecule has 5 heteroatoms. The highest BCUT2D eigenvalue weighted by Crippen LogP contribution is 2.12. The molecule has 0 aromatic heterocycles. The number of carbonyl (C=O) groups excluding carboxylic acids is 2. The van der Waals surface area contributed by atoms with Gasteiger partial charge >= 0.3 is 11.8 Å². The molecule has 0 bridgehead atoms. The average Bonchev–Trinajstić information content (AvgIpc) is 2.66. The molecule has 0 heterocycles. The Labute approximate surface area is 154 Å². The zero-order chi connectivity index (χ0) is 18.9. The third kappa shape index (κ3) is 5.43. The van der Waals surface area contributed by atoms with E-state index in [1.165, 1.54) is 4.90 Å². The minimum absolute atomic E-state index is 0.112. The number of aliphatic hydroxyl groups is 1. The SMILES string of the molecule is CC(C)N(Cc1ccccc1)C(=O)C(=O)N(CCO)Cc1ccccc1. The highest BCUT2D eigenvalue weighted by atomic mass is 16.3. The van der Waals surface area contributed by atoms with Crippen LogP contribution < -0.4 is 0 Å². The van der Waals surface area contributed by atoms with Gasteiger partial charge in [0, 0.05) is 25.7 Å². The van der Waals surface area contributed by atoms with Crippen LogP contribution in [0.25, 0.3) is 0 Å². The quantitative estimate of drug-likeness (QED) is 0.777. The Morgan fingerprint density at radius 2 is 1.35 bits per heavy atom. The lowest BCUT2D eigenvalue weighted by Gasteiger charge is -2.29. The second kappa shape index (κ2) is 9.73. The Hall–Kier alpha value is -2.66. The molecule has 0 fully saturated rings. The summed E-state index contributed by atoms with van der Waals surface area (Å²) in [7, 11) is 0. The maximum absolute atomic E-state index is 12.8. The van der Waals surface area contributed by atoms with Gasteiger partial charge in [0.1, 0.15) is 0 Å². The van der Waals surface area contributed by atoms with Gasteiger partial charge in [0.25, 0.3) is 0 Å². The second-order valence-corrected chi connectivity index (χ2v) is 6.45. The van der Waals surface area contributed by atoms with Gasteiger partial charge < -0.3 is 14.9 Å². The summed E-state index contributed by atoms with van der Waals surface area (Å²) in [4.78, 5) is 28.6. The summed E-state index contributed by atoms with van der Waals surface area (Å²) in [6.45, 7) is 4.39. The van der Waals surface area contributed by atoms with E-state index in [4.69, 9.17) is 0 Å². The van der Waals surface area contributed by atoms with E-state index < -0.39 is 11.8 Å². The van der Waals surface area contributed by atoms with Crippen LogP contribution in [0.5, 0.6) is 0 Å². The van der Waals surface area contributed by atoms with E-state index in [0.29, 0.717) is 13.1 Å². The summed E-state index contributed by atoms with van der Waals surface area (Å²) in [5.41, 5.74) is 1.89. The predicted octanol–water partition coefficient (Wildman–Crippen LogP) is 2.44. The van der Waals surface area contributed by atoms with Gasteiger partial charge in [0.15, 0.2) is 0 Å². The maximum Gasteiger partial charge on any atom is 0.312 e. The van der Waals surface area contributed by atoms with E-state index in [9.17, 15) is 14.7 Å². The smallest absolute Gasteiger partial charge is 0.312 e. The first-order valence-corrected chi connectivity index (χ1v) is 8.81. The molecule has 0 aliphatic heterocycles. The van der Waals surface area contributed by atoms with Gasteiger partial charge in [0.2, 0.25) is 0 Å². The van der Waals surface area contributed by atoms with E-state index in [-0.39, 0.29) is 19.2 Å². The molecule has 138 valence electrons. The number of benzene rings is 2. The molecular formula is C21H26N2O3. The number of carbonyl (C=O) groups is 2. The van der Waals surface area contributed by atoms with Crippen LogP contribution in [0.3, 0.4) is 0 Å². The number of hydrogen-bond acceptors (Lipinski definition) is 3. The first-order valence-electron chi connectivity index (χ1n) is 8.81. The molecule has 0 radical (unpaired) electrons. The molecule has 0 unspecified atom stereocenters. The van der Waals surface area contributed by atoms with E-state index >= 15 is 0 Å². The number of rotatable bonds is 7. The predicted molar refractivity (Wildman–Crippen MR) is 101 cm³/mol. The Kier molecular flexibility index (Phi) is 7.36. The van der Waals surface area contributed by atoms with Crippen LogP contribution in [0.2, 0.25) is 0 Å². The monoisotopic (exact) mass is 354 g/mol. The second-order valence-electron chi connectivity index (χ2n) is 6.45. The standard InChI is InChI=1S/C21H26N2O3/c1-17(2)23(16-19-11-7-4-8-12-19)21(26)20(25)22(13-14-24)15-18-9-5-3-6-10-18/h3-12,17,24H,13-16H2,1-2H3. The third-order valence-corrected chi connectivity index (χ3v) is 4.14. The van der Waals surface area contributed by atoms with Crippen molar-refractivity contribution in [2.45, 2.75) is 33.0 Å². The number of aliphatic hydroxyl groups excluding tert-OH is 1. The number of amides is 2. The highest BCUT2D eigenvalue weighted by Gasteiger charge is 2.28. The van der Waals surface area contributed by atoms with Gasteiger partial charge in [-0.3, -0.25) is 9.59 Å². The lowest BCUT2D eigenvalue weighted by Crippen LogP contribution is -2.48. The van der Waals surface area contributed by atoms with Crippen molar-refractivity contribution in [2.24, 2.45) is 0 Å². The van der Waals surface area contributed by atoms with Crippen molar-refractivity contribution >= 4 is 11.8 Å². The van der Waals surface area contributed by atoms with Crippen molar-refractivity contribution in [3.8, 4) is 0 Å². The van der Waals surface area contributed by atoms with Crippen LogP contribution in [0, 0.1) is 0 Å². The van der Waals surface area contributed by atoms with Crippen LogP contribution in [0.4, 0.5) is 0 Å². The summed E-state index contributed by atoms with van der Waals surface area (Å²) < 4.78 is 0. The van der Waals surface area contributed by atoms with Crippen LogP contribution in [0.1, 0.15) is 25.0 Å². The normalized spacial score (nSPS) is 10.6. The van der Waals surface area contributed by atoms with E-state index in [0.717, 1.165) is 11.1 Å². The molecule has 2 amide bonds. The lowest BCUT2D eigenvalue weighted by atomic mass is 10.1. The van der Waals surface area contributed by atoms with Crippen LogP contribution in [-0.2, 0) is 22.7 Å². The molecule has 0 aliphatic rings. The minimum atomic E-state index is -0.590. The molecular weight excluding hydrogens is 328 g/mol. The molecule has 2 aromatic rings. The fourth-order valence-corrected chi connectivity index (χ4v) is 2.70. The van der Waals surface area contributed by atoms with Gasteiger partial charge in [-0.1, -0.05) is 60.7 Å². The number of hydrogen-bond donors (Lipinski definition) is 1. The zero-order valence-corrected chi connectivity index (χ0v) is 15.3. The van der Waals surface area contributed by atoms with Crippen molar-refractivity contribution in [3.05, 3.63) is 71.8 Å². The third-order valence-electron chi connectivity index (χ3n) is 4.14. The first kappa shape index (κ1) is 19.7. The average molecular weight is 354 g/mol. The van der Waals surface area contributed by atoms with Crippen LogP contribution >= 0.6 is 0 Å². The van der Waals surface area contributed by atoms with E-state index in [1.54, 1.807) is 4.90 Å². The van der Waals surface area contributed by atoms with Crippen LogP contribution in [-0.4, -0.2) is 45.9 Å². The van der Waals surface area contributed by atoms with Crippen molar-refractivity contribution in [1.82, 2.24) is 9.80 Å². The van der Waals surface area contributed by atoms with E-state index in [1.807, 2.05) is 74.5 Å². The van der Waals surface area contributed by atoms with Gasteiger partial charge in [-0.15, -0.1) is 0 Å².